The van der Waals surface area contributed by atoms with E-state index in [1.807, 2.05) is 12.1 Å². The molecule has 82 valence electrons. The molecule has 0 radical (unpaired) electrons. The third-order valence-corrected chi connectivity index (χ3v) is 3.42. The highest BCUT2D eigenvalue weighted by atomic mass is 35.5. The highest BCUT2D eigenvalue weighted by molar-refractivity contribution is 6.30. The molecule has 2 nitrogen and oxygen atoms in total. The molecule has 0 spiro atoms. The average Bonchev–Trinajstić information content (AvgIpc) is 2.99. The molecule has 1 aliphatic rings. The number of nitrogens with zero attached hydrogens (tertiary/aromatic N) is 2. The fraction of sp³-hybridized carbons (Fsp3) is 0.583. The molecule has 0 bridgehead atoms. The van der Waals surface area contributed by atoms with Crippen molar-refractivity contribution in [2.45, 2.75) is 32.4 Å². The van der Waals surface area contributed by atoms with Gasteiger partial charge in [0.15, 0.2) is 0 Å². The van der Waals surface area contributed by atoms with Crippen LogP contribution in [0.1, 0.15) is 25.5 Å². The molecule has 0 aromatic carbocycles. The first-order valence-electron chi connectivity index (χ1n) is 5.47. The summed E-state index contributed by atoms with van der Waals surface area (Å²) in [7, 11) is 2.16. The molecule has 15 heavy (non-hydrogen) atoms. The maximum atomic E-state index is 5.92. The van der Waals surface area contributed by atoms with Gasteiger partial charge in [-0.05, 0) is 44.9 Å². The third-order valence-electron chi connectivity index (χ3n) is 3.19. The first-order valence-corrected chi connectivity index (χ1v) is 5.85. The molecule has 2 rings (SSSR count). The Hall–Kier alpha value is -0.600. The second-order valence-electron chi connectivity index (χ2n) is 4.46. The van der Waals surface area contributed by atoms with E-state index in [-0.39, 0.29) is 0 Å². The van der Waals surface area contributed by atoms with Crippen LogP contribution in [0.15, 0.2) is 18.3 Å². The van der Waals surface area contributed by atoms with Crippen LogP contribution < -0.4 is 0 Å². The molecular weight excluding hydrogens is 208 g/mol. The largest absolute Gasteiger partial charge is 0.298 e. The lowest BCUT2D eigenvalue weighted by Crippen LogP contribution is -2.30. The Bertz CT molecular complexity index is 336. The summed E-state index contributed by atoms with van der Waals surface area (Å²) >= 11 is 5.92. The van der Waals surface area contributed by atoms with Crippen LogP contribution in [0.5, 0.6) is 0 Å². The fourth-order valence-electron chi connectivity index (χ4n) is 1.87. The quantitative estimate of drug-likeness (QED) is 0.782. The van der Waals surface area contributed by atoms with E-state index in [9.17, 15) is 0 Å². The van der Waals surface area contributed by atoms with E-state index >= 15 is 0 Å². The van der Waals surface area contributed by atoms with Gasteiger partial charge < -0.3 is 0 Å². The van der Waals surface area contributed by atoms with Gasteiger partial charge in [-0.15, -0.1) is 0 Å². The second kappa shape index (κ2) is 4.50. The maximum Gasteiger partial charge on any atom is 0.0558 e. The zero-order valence-electron chi connectivity index (χ0n) is 9.28. The van der Waals surface area contributed by atoms with Gasteiger partial charge in [-0.2, -0.15) is 0 Å². The maximum absolute atomic E-state index is 5.92. The second-order valence-corrected chi connectivity index (χ2v) is 4.89. The van der Waals surface area contributed by atoms with Crippen molar-refractivity contribution in [3.8, 4) is 0 Å². The summed E-state index contributed by atoms with van der Waals surface area (Å²) in [6, 6.07) is 4.42. The number of hydrogen-bond acceptors (Lipinski definition) is 2. The molecule has 3 heteroatoms. The molecule has 1 aromatic rings. The molecule has 1 heterocycles. The van der Waals surface area contributed by atoms with E-state index in [1.54, 1.807) is 6.20 Å². The molecule has 1 unspecified atom stereocenters. The molecule has 0 amide bonds. The van der Waals surface area contributed by atoms with Gasteiger partial charge in [0.25, 0.3) is 0 Å². The lowest BCUT2D eigenvalue weighted by Gasteiger charge is -2.24. The van der Waals surface area contributed by atoms with Crippen LogP contribution >= 0.6 is 11.6 Å². The van der Waals surface area contributed by atoms with Crippen molar-refractivity contribution in [1.82, 2.24) is 9.88 Å². The Balaban J connectivity index is 1.95. The minimum Gasteiger partial charge on any atom is -0.298 e. The van der Waals surface area contributed by atoms with Crippen molar-refractivity contribution in [3.63, 3.8) is 0 Å². The Morgan fingerprint density at radius 2 is 2.33 bits per heavy atom. The highest BCUT2D eigenvalue weighted by Gasteiger charge is 2.30. The van der Waals surface area contributed by atoms with Crippen molar-refractivity contribution < 1.29 is 0 Å². The van der Waals surface area contributed by atoms with Crippen LogP contribution in [0.25, 0.3) is 0 Å². The first kappa shape index (κ1) is 10.9. The number of hydrogen-bond donors (Lipinski definition) is 0. The van der Waals surface area contributed by atoms with Crippen molar-refractivity contribution in [3.05, 3.63) is 29.0 Å². The summed E-state index contributed by atoms with van der Waals surface area (Å²) in [5.74, 6) is 0.897. The lowest BCUT2D eigenvalue weighted by molar-refractivity contribution is 0.224. The van der Waals surface area contributed by atoms with Gasteiger partial charge in [0.2, 0.25) is 0 Å². The van der Waals surface area contributed by atoms with Crippen molar-refractivity contribution >= 4 is 11.6 Å². The predicted octanol–water partition coefficient (Wildman–Crippen LogP) is 2.97. The van der Waals surface area contributed by atoms with E-state index in [2.05, 4.69) is 23.9 Å². The molecule has 0 saturated heterocycles. The van der Waals surface area contributed by atoms with Crippen LogP contribution in [-0.2, 0) is 6.54 Å². The van der Waals surface area contributed by atoms with E-state index < -0.39 is 0 Å². The number of aromatic nitrogens is 1. The molecule has 1 aromatic heterocycles. The van der Waals surface area contributed by atoms with Crippen LogP contribution in [0.3, 0.4) is 0 Å². The SMILES string of the molecule is CC(C1CC1)N(C)Cc1cc(Cl)ccn1. The first-order chi connectivity index (χ1) is 7.16. The molecule has 0 aliphatic heterocycles. The minimum atomic E-state index is 0.658. The van der Waals surface area contributed by atoms with E-state index in [4.69, 9.17) is 11.6 Å². The number of rotatable bonds is 4. The van der Waals surface area contributed by atoms with Gasteiger partial charge in [0.1, 0.15) is 0 Å². The van der Waals surface area contributed by atoms with Crippen LogP contribution in [0.2, 0.25) is 5.02 Å². The monoisotopic (exact) mass is 224 g/mol. The number of halogens is 1. The van der Waals surface area contributed by atoms with Crippen molar-refractivity contribution in [2.24, 2.45) is 5.92 Å². The van der Waals surface area contributed by atoms with Gasteiger partial charge in [0, 0.05) is 23.8 Å². The lowest BCUT2D eigenvalue weighted by atomic mass is 10.2. The van der Waals surface area contributed by atoms with E-state index in [1.165, 1.54) is 12.8 Å². The summed E-state index contributed by atoms with van der Waals surface area (Å²) in [6.07, 6.45) is 4.54. The standard InChI is InChI=1S/C12H17ClN2/c1-9(10-3-4-10)15(2)8-12-7-11(13)5-6-14-12/h5-7,9-10H,3-4,8H2,1-2H3. The topological polar surface area (TPSA) is 16.1 Å². The Morgan fingerprint density at radius 3 is 2.93 bits per heavy atom. The van der Waals surface area contributed by atoms with Crippen LogP contribution in [0, 0.1) is 5.92 Å². The van der Waals surface area contributed by atoms with Gasteiger partial charge in [-0.25, -0.2) is 0 Å². The summed E-state index contributed by atoms with van der Waals surface area (Å²) in [4.78, 5) is 6.67. The summed E-state index contributed by atoms with van der Waals surface area (Å²) in [5, 5.41) is 0.771. The molecule has 1 atom stereocenters. The normalized spacial score (nSPS) is 18.1. The van der Waals surface area contributed by atoms with Gasteiger partial charge in [-0.1, -0.05) is 11.6 Å². The third kappa shape index (κ3) is 2.93. The van der Waals surface area contributed by atoms with Crippen molar-refractivity contribution in [1.29, 1.82) is 0 Å². The Kier molecular flexibility index (Phi) is 3.27. The van der Waals surface area contributed by atoms with E-state index in [0.29, 0.717) is 6.04 Å². The molecule has 0 N–H and O–H groups in total. The Labute approximate surface area is 96.3 Å². The summed E-state index contributed by atoms with van der Waals surface area (Å²) in [6.45, 7) is 3.18. The predicted molar refractivity (Wildman–Crippen MR) is 62.9 cm³/mol. The van der Waals surface area contributed by atoms with Gasteiger partial charge in [-0.3, -0.25) is 9.88 Å². The molecule has 1 fully saturated rings. The minimum absolute atomic E-state index is 0.658. The van der Waals surface area contributed by atoms with Crippen molar-refractivity contribution in [2.75, 3.05) is 7.05 Å². The summed E-state index contributed by atoms with van der Waals surface area (Å²) in [5.41, 5.74) is 1.05. The Morgan fingerprint density at radius 1 is 1.60 bits per heavy atom. The zero-order chi connectivity index (χ0) is 10.8. The smallest absolute Gasteiger partial charge is 0.0558 e. The molecule has 1 saturated carbocycles. The van der Waals surface area contributed by atoms with Gasteiger partial charge >= 0.3 is 0 Å². The zero-order valence-corrected chi connectivity index (χ0v) is 10.0. The number of pyridine rings is 1. The molecule has 1 aliphatic carbocycles. The molecular formula is C12H17ClN2. The highest BCUT2D eigenvalue weighted by Crippen LogP contribution is 2.34. The van der Waals surface area contributed by atoms with Crippen LogP contribution in [-0.4, -0.2) is 23.0 Å². The average molecular weight is 225 g/mol. The summed E-state index contributed by atoms with van der Waals surface area (Å²) < 4.78 is 0. The van der Waals surface area contributed by atoms with E-state index in [0.717, 1.165) is 23.2 Å². The van der Waals surface area contributed by atoms with Gasteiger partial charge in [0.05, 0.1) is 5.69 Å². The fourth-order valence-corrected chi connectivity index (χ4v) is 2.06. The van der Waals surface area contributed by atoms with Crippen LogP contribution in [0.4, 0.5) is 0 Å².